The van der Waals surface area contributed by atoms with E-state index in [1.165, 1.54) is 13.8 Å². The second-order valence-corrected chi connectivity index (χ2v) is 12.9. The fraction of sp³-hybridized carbons (Fsp3) is 0.625. The van der Waals surface area contributed by atoms with Crippen molar-refractivity contribution in [2.45, 2.75) is 90.6 Å². The number of carbonyl (C=O) groups is 4. The highest BCUT2D eigenvalue weighted by Crippen LogP contribution is 2.64. The number of hydrogen-bond donors (Lipinski definition) is 0. The standard InChI is InChI=1S/C32H40O8/c1-18-14-24-23(30(24,5)6)12-13-31(17-37-31)29(38-20(3)33)26-27(39-25(35)15-22-10-8-7-9-11-22)19(2)16-32(26,28(18)36)40-21(4)34/h7-11,14,19,23-24,26-27,29H,12-13,15-17H2,1-6H3/b18-14+/t19?,23-,24+,26+,27?,29?,31-,32+/m0/s1. The van der Waals surface area contributed by atoms with Gasteiger partial charge in [-0.2, -0.15) is 0 Å². The first-order valence-electron chi connectivity index (χ1n) is 14.3. The average Bonchev–Trinajstić information content (AvgIpc) is 3.73. The Kier molecular flexibility index (Phi) is 7.22. The van der Waals surface area contributed by atoms with Crippen LogP contribution in [-0.4, -0.2) is 53.7 Å². The van der Waals surface area contributed by atoms with E-state index in [-0.39, 0.29) is 35.9 Å². The molecule has 0 N–H and O–H groups in total. The van der Waals surface area contributed by atoms with Crippen LogP contribution < -0.4 is 0 Å². The molecule has 1 saturated heterocycles. The summed E-state index contributed by atoms with van der Waals surface area (Å²) in [5.41, 5.74) is -1.22. The predicted octanol–water partition coefficient (Wildman–Crippen LogP) is 4.38. The lowest BCUT2D eigenvalue weighted by Crippen LogP contribution is -2.58. The SMILES string of the molecule is CC(=O)OC1[C@H]2C(OC(=O)Cc3ccccc3)C(C)C[C@]2(OC(C)=O)C(=O)/C(C)=C/[C@@H]2[C@H](CC[C@]13CO3)C2(C)C. The van der Waals surface area contributed by atoms with Crippen LogP contribution in [-0.2, 0) is 44.5 Å². The second-order valence-electron chi connectivity index (χ2n) is 12.9. The minimum atomic E-state index is -1.68. The van der Waals surface area contributed by atoms with Crippen molar-refractivity contribution in [3.05, 3.63) is 47.5 Å². The summed E-state index contributed by atoms with van der Waals surface area (Å²) in [6, 6.07) is 9.25. The summed E-state index contributed by atoms with van der Waals surface area (Å²) in [5, 5.41) is 0. The van der Waals surface area contributed by atoms with Crippen LogP contribution >= 0.6 is 0 Å². The first-order chi connectivity index (χ1) is 18.8. The molecular formula is C32H40O8. The first-order valence-corrected chi connectivity index (χ1v) is 14.3. The van der Waals surface area contributed by atoms with Gasteiger partial charge in [-0.05, 0) is 54.1 Å². The Hall–Kier alpha value is -3.00. The van der Waals surface area contributed by atoms with Crippen molar-refractivity contribution in [1.82, 2.24) is 0 Å². The number of ether oxygens (including phenoxy) is 4. The minimum Gasteiger partial charge on any atom is -0.461 e. The highest BCUT2D eigenvalue weighted by molar-refractivity contribution is 6.03. The lowest BCUT2D eigenvalue weighted by atomic mass is 9.74. The number of ketones is 1. The monoisotopic (exact) mass is 552 g/mol. The second kappa shape index (κ2) is 10.1. The predicted molar refractivity (Wildman–Crippen MR) is 145 cm³/mol. The first kappa shape index (κ1) is 28.5. The van der Waals surface area contributed by atoms with Gasteiger partial charge in [0.15, 0.2) is 5.60 Å². The van der Waals surface area contributed by atoms with E-state index in [9.17, 15) is 19.2 Å². The summed E-state index contributed by atoms with van der Waals surface area (Å²) in [4.78, 5) is 52.9. The number of fused-ring (bicyclic) bond motifs is 2. The van der Waals surface area contributed by atoms with Crippen LogP contribution in [0.3, 0.4) is 0 Å². The Morgan fingerprint density at radius 3 is 2.33 bits per heavy atom. The third-order valence-electron chi connectivity index (χ3n) is 9.71. The molecule has 5 rings (SSSR count). The normalized spacial score (nSPS) is 39.0. The van der Waals surface area contributed by atoms with Crippen LogP contribution in [0.2, 0.25) is 0 Å². The van der Waals surface area contributed by atoms with Gasteiger partial charge in [-0.1, -0.05) is 57.2 Å². The van der Waals surface area contributed by atoms with Crippen molar-refractivity contribution < 1.29 is 38.1 Å². The van der Waals surface area contributed by atoms with Gasteiger partial charge in [-0.3, -0.25) is 19.2 Å². The Morgan fingerprint density at radius 2 is 1.73 bits per heavy atom. The molecule has 1 aliphatic heterocycles. The van der Waals surface area contributed by atoms with Crippen LogP contribution in [0.1, 0.15) is 66.4 Å². The molecule has 1 aromatic rings. The number of rotatable bonds is 5. The fourth-order valence-electron chi connectivity index (χ4n) is 7.55. The number of allylic oxidation sites excluding steroid dienone is 1. The van der Waals surface area contributed by atoms with Gasteiger partial charge in [-0.15, -0.1) is 0 Å². The Morgan fingerprint density at radius 1 is 1.05 bits per heavy atom. The van der Waals surface area contributed by atoms with E-state index >= 15 is 0 Å². The van der Waals surface area contributed by atoms with Gasteiger partial charge >= 0.3 is 17.9 Å². The zero-order valence-corrected chi connectivity index (χ0v) is 24.2. The van der Waals surface area contributed by atoms with Gasteiger partial charge in [-0.25, -0.2) is 0 Å². The van der Waals surface area contributed by atoms with Gasteiger partial charge in [0.05, 0.1) is 18.9 Å². The third kappa shape index (κ3) is 5.00. The van der Waals surface area contributed by atoms with Crippen molar-refractivity contribution in [3.63, 3.8) is 0 Å². The van der Waals surface area contributed by atoms with E-state index in [0.29, 0.717) is 24.5 Å². The van der Waals surface area contributed by atoms with E-state index in [4.69, 9.17) is 18.9 Å². The molecule has 3 unspecified atom stereocenters. The van der Waals surface area contributed by atoms with E-state index in [0.717, 1.165) is 12.0 Å². The molecule has 1 heterocycles. The molecular weight excluding hydrogens is 512 g/mol. The highest BCUT2D eigenvalue weighted by Gasteiger charge is 2.71. The molecule has 216 valence electrons. The number of esters is 3. The maximum absolute atomic E-state index is 14.5. The number of benzene rings is 1. The number of Topliss-reactive ketones (excluding diaryl/α,β-unsaturated/α-hetero) is 1. The average molecular weight is 553 g/mol. The molecule has 8 heteroatoms. The number of epoxide rings is 1. The third-order valence-corrected chi connectivity index (χ3v) is 9.71. The summed E-state index contributed by atoms with van der Waals surface area (Å²) < 4.78 is 24.2. The molecule has 40 heavy (non-hydrogen) atoms. The summed E-state index contributed by atoms with van der Waals surface area (Å²) in [6.45, 7) is 11.0. The Labute approximate surface area is 235 Å². The van der Waals surface area contributed by atoms with Crippen LogP contribution in [0.4, 0.5) is 0 Å². The van der Waals surface area contributed by atoms with E-state index in [1.807, 2.05) is 43.3 Å². The summed E-state index contributed by atoms with van der Waals surface area (Å²) in [7, 11) is 0. The van der Waals surface area contributed by atoms with Crippen molar-refractivity contribution in [2.75, 3.05) is 6.61 Å². The number of carbonyl (C=O) groups excluding carboxylic acids is 4. The van der Waals surface area contributed by atoms with Crippen LogP contribution in [0.15, 0.2) is 42.0 Å². The Bertz CT molecular complexity index is 1230. The zero-order valence-electron chi connectivity index (χ0n) is 24.2. The van der Waals surface area contributed by atoms with Gasteiger partial charge in [0.1, 0.15) is 17.8 Å². The molecule has 3 aliphatic carbocycles. The molecule has 0 radical (unpaired) electrons. The molecule has 0 aromatic heterocycles. The number of hydrogen-bond acceptors (Lipinski definition) is 8. The van der Waals surface area contributed by atoms with Crippen LogP contribution in [0.5, 0.6) is 0 Å². The summed E-state index contributed by atoms with van der Waals surface area (Å²) >= 11 is 0. The van der Waals surface area contributed by atoms with Gasteiger partial charge < -0.3 is 18.9 Å². The fourth-order valence-corrected chi connectivity index (χ4v) is 7.55. The van der Waals surface area contributed by atoms with E-state index in [1.54, 1.807) is 6.92 Å². The van der Waals surface area contributed by atoms with Crippen molar-refractivity contribution in [1.29, 1.82) is 0 Å². The highest BCUT2D eigenvalue weighted by atomic mass is 16.6. The molecule has 0 bridgehead atoms. The molecule has 3 fully saturated rings. The molecule has 2 saturated carbocycles. The summed E-state index contributed by atoms with van der Waals surface area (Å²) in [6.07, 6.45) is 1.85. The smallest absolute Gasteiger partial charge is 0.310 e. The van der Waals surface area contributed by atoms with Crippen molar-refractivity contribution in [3.8, 4) is 0 Å². The van der Waals surface area contributed by atoms with Crippen LogP contribution in [0, 0.1) is 29.1 Å². The molecule has 0 amide bonds. The molecule has 4 aliphatic rings. The summed E-state index contributed by atoms with van der Waals surface area (Å²) in [5.74, 6) is -2.72. The maximum atomic E-state index is 14.5. The van der Waals surface area contributed by atoms with Crippen molar-refractivity contribution in [2.24, 2.45) is 29.1 Å². The van der Waals surface area contributed by atoms with Gasteiger partial charge in [0.25, 0.3) is 0 Å². The molecule has 1 spiro atoms. The Balaban J connectivity index is 1.61. The maximum Gasteiger partial charge on any atom is 0.310 e. The quantitative estimate of drug-likeness (QED) is 0.301. The topological polar surface area (TPSA) is 108 Å². The van der Waals surface area contributed by atoms with Crippen molar-refractivity contribution >= 4 is 23.7 Å². The minimum absolute atomic E-state index is 0.0141. The lowest BCUT2D eigenvalue weighted by molar-refractivity contribution is -0.190. The van der Waals surface area contributed by atoms with Crippen LogP contribution in [0.25, 0.3) is 0 Å². The molecule has 8 atom stereocenters. The van der Waals surface area contributed by atoms with Gasteiger partial charge in [0, 0.05) is 20.3 Å². The molecule has 8 nitrogen and oxygen atoms in total. The molecule has 1 aromatic carbocycles. The lowest BCUT2D eigenvalue weighted by Gasteiger charge is -2.41. The van der Waals surface area contributed by atoms with E-state index < -0.39 is 47.2 Å². The van der Waals surface area contributed by atoms with Gasteiger partial charge in [0.2, 0.25) is 5.78 Å². The zero-order chi connectivity index (χ0) is 29.0. The largest absolute Gasteiger partial charge is 0.461 e. The van der Waals surface area contributed by atoms with E-state index in [2.05, 4.69) is 13.8 Å².